The summed E-state index contributed by atoms with van der Waals surface area (Å²) in [5.41, 5.74) is -0.992. The van der Waals surface area contributed by atoms with Crippen LogP contribution in [-0.2, 0) is 4.74 Å². The zero-order valence-corrected chi connectivity index (χ0v) is 9.11. The molecule has 1 saturated carbocycles. The van der Waals surface area contributed by atoms with E-state index in [2.05, 4.69) is 0 Å². The average molecular weight is 212 g/mol. The molecule has 3 atom stereocenters. The minimum atomic E-state index is -0.651. The van der Waals surface area contributed by atoms with Gasteiger partial charge in [0.25, 0.3) is 0 Å². The maximum atomic E-state index is 10.7. The summed E-state index contributed by atoms with van der Waals surface area (Å²) in [4.78, 5) is 0. The van der Waals surface area contributed by atoms with E-state index in [-0.39, 0.29) is 18.1 Å². The first-order valence-electron chi connectivity index (χ1n) is 6.19. The molecule has 3 rings (SSSR count). The van der Waals surface area contributed by atoms with Gasteiger partial charge in [-0.15, -0.1) is 0 Å². The van der Waals surface area contributed by atoms with Gasteiger partial charge in [-0.1, -0.05) is 12.8 Å². The van der Waals surface area contributed by atoms with E-state index in [1.165, 1.54) is 0 Å². The molecule has 15 heavy (non-hydrogen) atoms. The second-order valence-corrected chi connectivity index (χ2v) is 5.58. The Bertz CT molecular complexity index is 260. The highest BCUT2D eigenvalue weighted by molar-refractivity contribution is 5.12. The SMILES string of the molecule is OCC1(C2(O)CCCC2)CC2CCC1O2. The fourth-order valence-electron chi connectivity index (χ4n) is 4.06. The van der Waals surface area contributed by atoms with Crippen molar-refractivity contribution in [3.8, 4) is 0 Å². The molecule has 0 aromatic rings. The Morgan fingerprint density at radius 1 is 1.20 bits per heavy atom. The van der Waals surface area contributed by atoms with Crippen LogP contribution in [0.3, 0.4) is 0 Å². The van der Waals surface area contributed by atoms with E-state index >= 15 is 0 Å². The Kier molecular flexibility index (Phi) is 2.14. The van der Waals surface area contributed by atoms with Crippen molar-refractivity contribution in [1.29, 1.82) is 0 Å². The van der Waals surface area contributed by atoms with Gasteiger partial charge in [0, 0.05) is 0 Å². The summed E-state index contributed by atoms with van der Waals surface area (Å²) in [6.45, 7) is 0.0880. The number of hydrogen-bond donors (Lipinski definition) is 2. The van der Waals surface area contributed by atoms with Gasteiger partial charge < -0.3 is 14.9 Å². The predicted molar refractivity (Wildman–Crippen MR) is 55.4 cm³/mol. The third-order valence-electron chi connectivity index (χ3n) is 4.96. The number of aliphatic hydroxyl groups excluding tert-OH is 1. The molecule has 2 N–H and O–H groups in total. The van der Waals surface area contributed by atoms with Gasteiger partial charge in [0.1, 0.15) is 0 Å². The van der Waals surface area contributed by atoms with Gasteiger partial charge in [0.2, 0.25) is 0 Å². The van der Waals surface area contributed by atoms with Gasteiger partial charge >= 0.3 is 0 Å². The van der Waals surface area contributed by atoms with Crippen LogP contribution in [-0.4, -0.2) is 34.6 Å². The zero-order chi connectivity index (χ0) is 10.5. The van der Waals surface area contributed by atoms with Crippen molar-refractivity contribution in [1.82, 2.24) is 0 Å². The number of aliphatic hydroxyl groups is 2. The van der Waals surface area contributed by atoms with Crippen LogP contribution in [0.1, 0.15) is 44.9 Å². The normalized spacial score (nSPS) is 47.6. The second kappa shape index (κ2) is 3.19. The van der Waals surface area contributed by atoms with Crippen LogP contribution in [0.4, 0.5) is 0 Å². The molecule has 3 unspecified atom stereocenters. The van der Waals surface area contributed by atoms with Crippen molar-refractivity contribution in [3.05, 3.63) is 0 Å². The van der Waals surface area contributed by atoms with E-state index in [1.807, 2.05) is 0 Å². The molecule has 1 aliphatic carbocycles. The number of ether oxygens (including phenoxy) is 1. The summed E-state index contributed by atoms with van der Waals surface area (Å²) in [5.74, 6) is 0. The first kappa shape index (κ1) is 10.1. The fourth-order valence-corrected chi connectivity index (χ4v) is 4.06. The molecule has 86 valence electrons. The van der Waals surface area contributed by atoms with Gasteiger partial charge in [-0.3, -0.25) is 0 Å². The van der Waals surface area contributed by atoms with Crippen molar-refractivity contribution in [2.75, 3.05) is 6.61 Å². The van der Waals surface area contributed by atoms with E-state index in [0.29, 0.717) is 6.10 Å². The lowest BCUT2D eigenvalue weighted by Gasteiger charge is -2.45. The minimum absolute atomic E-state index is 0.0880. The van der Waals surface area contributed by atoms with Crippen molar-refractivity contribution in [3.63, 3.8) is 0 Å². The summed E-state index contributed by atoms with van der Waals surface area (Å²) in [6, 6.07) is 0. The van der Waals surface area contributed by atoms with Crippen molar-refractivity contribution in [2.24, 2.45) is 5.41 Å². The van der Waals surface area contributed by atoms with Gasteiger partial charge in [-0.2, -0.15) is 0 Å². The standard InChI is InChI=1S/C12H20O3/c13-8-11(12(14)5-1-2-6-12)7-9-3-4-10(11)15-9/h9-10,13-14H,1-8H2. The van der Waals surface area contributed by atoms with Crippen LogP contribution >= 0.6 is 0 Å². The Hall–Kier alpha value is -0.120. The molecule has 3 aliphatic rings. The first-order chi connectivity index (χ1) is 7.20. The zero-order valence-electron chi connectivity index (χ0n) is 9.11. The monoisotopic (exact) mass is 212 g/mol. The largest absolute Gasteiger partial charge is 0.396 e. The Morgan fingerprint density at radius 2 is 1.93 bits per heavy atom. The summed E-state index contributed by atoms with van der Waals surface area (Å²) in [6.07, 6.45) is 7.29. The van der Waals surface area contributed by atoms with Crippen LogP contribution in [0, 0.1) is 5.41 Å². The minimum Gasteiger partial charge on any atom is -0.396 e. The molecular weight excluding hydrogens is 192 g/mol. The molecule has 2 aliphatic heterocycles. The molecule has 3 heteroatoms. The molecule has 3 fully saturated rings. The molecule has 0 aromatic heterocycles. The number of fused-ring (bicyclic) bond motifs is 2. The summed E-state index contributed by atoms with van der Waals surface area (Å²) in [5, 5.41) is 20.4. The highest BCUT2D eigenvalue weighted by atomic mass is 16.5. The quantitative estimate of drug-likeness (QED) is 0.723. The van der Waals surface area contributed by atoms with Crippen LogP contribution in [0.5, 0.6) is 0 Å². The van der Waals surface area contributed by atoms with Crippen molar-refractivity contribution < 1.29 is 14.9 Å². The smallest absolute Gasteiger partial charge is 0.0751 e. The van der Waals surface area contributed by atoms with Crippen molar-refractivity contribution in [2.45, 2.75) is 62.8 Å². The summed E-state index contributed by atoms with van der Waals surface area (Å²) >= 11 is 0. The Balaban J connectivity index is 1.92. The van der Waals surface area contributed by atoms with E-state index in [9.17, 15) is 10.2 Å². The van der Waals surface area contributed by atoms with E-state index in [0.717, 1.165) is 44.9 Å². The van der Waals surface area contributed by atoms with E-state index in [4.69, 9.17) is 4.74 Å². The highest BCUT2D eigenvalue weighted by Crippen LogP contribution is 2.57. The average Bonchev–Trinajstić information content (AvgIpc) is 2.91. The summed E-state index contributed by atoms with van der Waals surface area (Å²) < 4.78 is 5.84. The second-order valence-electron chi connectivity index (χ2n) is 5.58. The Morgan fingerprint density at radius 3 is 2.40 bits per heavy atom. The molecular formula is C12H20O3. The maximum absolute atomic E-state index is 10.7. The lowest BCUT2D eigenvalue weighted by molar-refractivity contribution is -0.134. The summed E-state index contributed by atoms with van der Waals surface area (Å²) in [7, 11) is 0. The van der Waals surface area contributed by atoms with Gasteiger partial charge in [-0.05, 0) is 32.1 Å². The van der Waals surface area contributed by atoms with Gasteiger partial charge in [0.05, 0.1) is 29.8 Å². The molecule has 0 radical (unpaired) electrons. The lowest BCUT2D eigenvalue weighted by atomic mass is 9.62. The van der Waals surface area contributed by atoms with Crippen LogP contribution in [0.15, 0.2) is 0 Å². The fraction of sp³-hybridized carbons (Fsp3) is 1.00. The molecule has 2 bridgehead atoms. The van der Waals surface area contributed by atoms with Gasteiger partial charge in [0.15, 0.2) is 0 Å². The van der Waals surface area contributed by atoms with Crippen molar-refractivity contribution >= 4 is 0 Å². The van der Waals surface area contributed by atoms with E-state index < -0.39 is 5.60 Å². The maximum Gasteiger partial charge on any atom is 0.0751 e. The molecule has 2 heterocycles. The number of hydrogen-bond acceptors (Lipinski definition) is 3. The molecule has 3 nitrogen and oxygen atoms in total. The molecule has 0 amide bonds. The van der Waals surface area contributed by atoms with E-state index in [1.54, 1.807) is 0 Å². The third kappa shape index (κ3) is 1.17. The lowest BCUT2D eigenvalue weighted by Crippen LogP contribution is -2.54. The highest BCUT2D eigenvalue weighted by Gasteiger charge is 2.62. The van der Waals surface area contributed by atoms with Crippen LogP contribution in [0.2, 0.25) is 0 Å². The third-order valence-corrected chi connectivity index (χ3v) is 4.96. The molecule has 2 saturated heterocycles. The molecule has 0 aromatic carbocycles. The topological polar surface area (TPSA) is 49.7 Å². The van der Waals surface area contributed by atoms with Crippen LogP contribution in [0.25, 0.3) is 0 Å². The Labute approximate surface area is 90.4 Å². The van der Waals surface area contributed by atoms with Crippen LogP contribution < -0.4 is 0 Å². The predicted octanol–water partition coefficient (Wildman–Crippen LogP) is 1.22. The first-order valence-corrected chi connectivity index (χ1v) is 6.19. The number of rotatable bonds is 2. The molecule has 0 spiro atoms. The van der Waals surface area contributed by atoms with Gasteiger partial charge in [-0.25, -0.2) is 0 Å².